The number of guanidine groups is 1. The van der Waals surface area contributed by atoms with E-state index in [0.29, 0.717) is 19.0 Å². The van der Waals surface area contributed by atoms with E-state index in [-0.39, 0.29) is 30.1 Å². The predicted octanol–water partition coefficient (Wildman–Crippen LogP) is 2.37. The standard InChI is InChI=1S/C19H28N6O2.HI/c1-14(27-16-9-5-4-8-15(16)26-3)12-21-19(20-2)22-13-18-24-23-17-10-6-7-11-25(17)18;/h4-5,8-9,14H,6-7,10-13H2,1-3H3,(H2,20,21,22);1H. The van der Waals surface area contributed by atoms with E-state index in [1.165, 1.54) is 12.8 Å². The first-order valence-electron chi connectivity index (χ1n) is 9.36. The van der Waals surface area contributed by atoms with Gasteiger partial charge in [0, 0.05) is 20.0 Å². The molecule has 2 aromatic rings. The van der Waals surface area contributed by atoms with E-state index < -0.39 is 0 Å². The summed E-state index contributed by atoms with van der Waals surface area (Å²) in [7, 11) is 3.39. The van der Waals surface area contributed by atoms with Gasteiger partial charge in [0.15, 0.2) is 23.3 Å². The van der Waals surface area contributed by atoms with Gasteiger partial charge in [-0.2, -0.15) is 0 Å². The van der Waals surface area contributed by atoms with Crippen LogP contribution in [0.3, 0.4) is 0 Å². The minimum Gasteiger partial charge on any atom is -0.493 e. The lowest BCUT2D eigenvalue weighted by molar-refractivity contribution is 0.213. The maximum Gasteiger partial charge on any atom is 0.191 e. The van der Waals surface area contributed by atoms with E-state index in [1.807, 2.05) is 31.2 Å². The Morgan fingerprint density at radius 1 is 1.21 bits per heavy atom. The molecule has 0 radical (unpaired) electrons. The number of nitrogens with zero attached hydrogens (tertiary/aromatic N) is 4. The first-order chi connectivity index (χ1) is 13.2. The van der Waals surface area contributed by atoms with Gasteiger partial charge in [0.2, 0.25) is 0 Å². The molecule has 1 aliphatic heterocycles. The Balaban J connectivity index is 0.00000280. The second-order valence-corrected chi connectivity index (χ2v) is 6.53. The van der Waals surface area contributed by atoms with Crippen molar-refractivity contribution in [1.82, 2.24) is 25.4 Å². The normalized spacial score (nSPS) is 14.5. The summed E-state index contributed by atoms with van der Waals surface area (Å²) < 4.78 is 13.5. The molecule has 0 spiro atoms. The molecule has 28 heavy (non-hydrogen) atoms. The number of benzene rings is 1. The second-order valence-electron chi connectivity index (χ2n) is 6.53. The van der Waals surface area contributed by atoms with Crippen LogP contribution in [0.1, 0.15) is 31.4 Å². The summed E-state index contributed by atoms with van der Waals surface area (Å²) in [5.74, 6) is 4.19. The smallest absolute Gasteiger partial charge is 0.191 e. The van der Waals surface area contributed by atoms with E-state index in [9.17, 15) is 0 Å². The number of nitrogens with one attached hydrogen (secondary N) is 2. The van der Waals surface area contributed by atoms with Gasteiger partial charge < -0.3 is 24.7 Å². The van der Waals surface area contributed by atoms with Crippen LogP contribution >= 0.6 is 24.0 Å². The maximum absolute atomic E-state index is 5.96. The average Bonchev–Trinajstić information content (AvgIpc) is 3.12. The molecule has 2 N–H and O–H groups in total. The van der Waals surface area contributed by atoms with Crippen LogP contribution < -0.4 is 20.1 Å². The van der Waals surface area contributed by atoms with Crippen molar-refractivity contribution in [3.8, 4) is 11.5 Å². The average molecular weight is 500 g/mol. The zero-order chi connectivity index (χ0) is 19.1. The van der Waals surface area contributed by atoms with Crippen LogP contribution in [-0.4, -0.2) is 47.5 Å². The molecule has 1 aromatic carbocycles. The highest BCUT2D eigenvalue weighted by molar-refractivity contribution is 14.0. The van der Waals surface area contributed by atoms with Gasteiger partial charge >= 0.3 is 0 Å². The van der Waals surface area contributed by atoms with Gasteiger partial charge in [0.25, 0.3) is 0 Å². The SMILES string of the molecule is CN=C(NCc1nnc2n1CCCC2)NCC(C)Oc1ccccc1OC.I. The Kier molecular flexibility index (Phi) is 8.81. The lowest BCUT2D eigenvalue weighted by Crippen LogP contribution is -2.41. The Bertz CT molecular complexity index is 780. The fourth-order valence-electron chi connectivity index (χ4n) is 3.10. The molecule has 154 valence electrons. The summed E-state index contributed by atoms with van der Waals surface area (Å²) in [5, 5.41) is 15.2. The van der Waals surface area contributed by atoms with E-state index in [4.69, 9.17) is 9.47 Å². The summed E-state index contributed by atoms with van der Waals surface area (Å²) >= 11 is 0. The van der Waals surface area contributed by atoms with Gasteiger partial charge in [-0.3, -0.25) is 4.99 Å². The lowest BCUT2D eigenvalue weighted by atomic mass is 10.2. The molecule has 0 fully saturated rings. The highest BCUT2D eigenvalue weighted by atomic mass is 127. The molecule has 1 aromatic heterocycles. The summed E-state index contributed by atoms with van der Waals surface area (Å²) in [4.78, 5) is 4.27. The number of methoxy groups -OCH3 is 1. The molecule has 3 rings (SSSR count). The molecule has 1 aliphatic rings. The summed E-state index contributed by atoms with van der Waals surface area (Å²) in [6.07, 6.45) is 3.33. The number of aryl methyl sites for hydroxylation is 1. The van der Waals surface area contributed by atoms with Gasteiger partial charge in [-0.1, -0.05) is 12.1 Å². The molecule has 0 aliphatic carbocycles. The molecule has 0 bridgehead atoms. The van der Waals surface area contributed by atoms with E-state index in [2.05, 4.69) is 30.4 Å². The van der Waals surface area contributed by atoms with E-state index in [0.717, 1.165) is 36.1 Å². The minimum atomic E-state index is -0.0549. The largest absolute Gasteiger partial charge is 0.493 e. The number of hydrogen-bond acceptors (Lipinski definition) is 5. The first kappa shape index (κ1) is 22.3. The summed E-state index contributed by atoms with van der Waals surface area (Å²) in [5.41, 5.74) is 0. The highest BCUT2D eigenvalue weighted by Crippen LogP contribution is 2.26. The number of halogens is 1. The third-order valence-electron chi connectivity index (χ3n) is 4.53. The van der Waals surface area contributed by atoms with E-state index >= 15 is 0 Å². The van der Waals surface area contributed by atoms with Crippen LogP contribution in [0.25, 0.3) is 0 Å². The molecule has 0 amide bonds. The third kappa shape index (κ3) is 5.73. The van der Waals surface area contributed by atoms with Crippen molar-refractivity contribution in [2.75, 3.05) is 20.7 Å². The topological polar surface area (TPSA) is 85.6 Å². The molecular formula is C19H29IN6O2. The fourth-order valence-corrected chi connectivity index (χ4v) is 3.10. The fraction of sp³-hybridized carbons (Fsp3) is 0.526. The van der Waals surface area contributed by atoms with Crippen molar-refractivity contribution >= 4 is 29.9 Å². The monoisotopic (exact) mass is 500 g/mol. The van der Waals surface area contributed by atoms with Crippen LogP contribution in [-0.2, 0) is 19.5 Å². The van der Waals surface area contributed by atoms with Crippen molar-refractivity contribution < 1.29 is 9.47 Å². The zero-order valence-electron chi connectivity index (χ0n) is 16.6. The number of hydrogen-bond donors (Lipinski definition) is 2. The van der Waals surface area contributed by atoms with Gasteiger partial charge in [-0.25, -0.2) is 0 Å². The molecule has 0 saturated carbocycles. The van der Waals surface area contributed by atoms with Crippen LogP contribution in [0.2, 0.25) is 0 Å². The molecule has 0 saturated heterocycles. The summed E-state index contributed by atoms with van der Waals surface area (Å²) in [6, 6.07) is 7.63. The van der Waals surface area contributed by atoms with Gasteiger partial charge in [0.05, 0.1) is 20.2 Å². The minimum absolute atomic E-state index is 0. The molecule has 1 unspecified atom stereocenters. The van der Waals surface area contributed by atoms with Crippen LogP contribution in [0.5, 0.6) is 11.5 Å². The Morgan fingerprint density at radius 2 is 2.00 bits per heavy atom. The van der Waals surface area contributed by atoms with Crippen molar-refractivity contribution in [3.05, 3.63) is 35.9 Å². The van der Waals surface area contributed by atoms with Crippen molar-refractivity contribution in [1.29, 1.82) is 0 Å². The molecule has 1 atom stereocenters. The first-order valence-corrected chi connectivity index (χ1v) is 9.36. The third-order valence-corrected chi connectivity index (χ3v) is 4.53. The number of rotatable bonds is 7. The lowest BCUT2D eigenvalue weighted by Gasteiger charge is -2.19. The Labute approximate surface area is 183 Å². The molecular weight excluding hydrogens is 471 g/mol. The van der Waals surface area contributed by atoms with Crippen LogP contribution in [0, 0.1) is 0 Å². The highest BCUT2D eigenvalue weighted by Gasteiger charge is 2.16. The predicted molar refractivity (Wildman–Crippen MR) is 120 cm³/mol. The van der Waals surface area contributed by atoms with Crippen LogP contribution in [0.4, 0.5) is 0 Å². The molecule has 8 nitrogen and oxygen atoms in total. The quantitative estimate of drug-likeness (QED) is 0.345. The van der Waals surface area contributed by atoms with Gasteiger partial charge in [-0.15, -0.1) is 34.2 Å². The van der Waals surface area contributed by atoms with Crippen LogP contribution in [0.15, 0.2) is 29.3 Å². The Hall–Kier alpha value is -2.04. The van der Waals surface area contributed by atoms with E-state index in [1.54, 1.807) is 14.2 Å². The maximum atomic E-state index is 5.96. The van der Waals surface area contributed by atoms with Crippen molar-refractivity contribution in [3.63, 3.8) is 0 Å². The number of aromatic nitrogens is 3. The van der Waals surface area contributed by atoms with Crippen molar-refractivity contribution in [2.45, 2.75) is 45.4 Å². The van der Waals surface area contributed by atoms with Gasteiger partial charge in [0.1, 0.15) is 11.9 Å². The van der Waals surface area contributed by atoms with Gasteiger partial charge in [-0.05, 0) is 31.9 Å². The number of aliphatic imine (C=N–C) groups is 1. The molecule has 9 heteroatoms. The number of fused-ring (bicyclic) bond motifs is 1. The second kappa shape index (κ2) is 11.1. The number of ether oxygens (including phenoxy) is 2. The molecule has 2 heterocycles. The Morgan fingerprint density at radius 3 is 2.75 bits per heavy atom. The number of para-hydroxylation sites is 2. The van der Waals surface area contributed by atoms with Crippen molar-refractivity contribution in [2.24, 2.45) is 4.99 Å². The zero-order valence-corrected chi connectivity index (χ0v) is 19.0. The summed E-state index contributed by atoms with van der Waals surface area (Å²) in [6.45, 7) is 4.20.